The first-order valence-corrected chi connectivity index (χ1v) is 24.8. The van der Waals surface area contributed by atoms with Gasteiger partial charge >= 0.3 is 12.1 Å². The van der Waals surface area contributed by atoms with E-state index in [-0.39, 0.29) is 29.9 Å². The van der Waals surface area contributed by atoms with Gasteiger partial charge in [0.15, 0.2) is 17.7 Å². The molecule has 4 aliphatic rings. The summed E-state index contributed by atoms with van der Waals surface area (Å²) in [5.74, 6) is -4.03. The van der Waals surface area contributed by atoms with Crippen LogP contribution >= 0.6 is 0 Å². The van der Waals surface area contributed by atoms with Gasteiger partial charge in [-0.1, -0.05) is 82.9 Å². The number of benzene rings is 1. The SMILES string of the molecule is CC[C@H]1OC(=O)[C@H](C)C(=O)[C@H](C)[C@@H](O[C@@H]2O[C@H](C)C[C@H](N(C)Cc3ccc(-c4cn(CCCCCCCCC(=O)NO)nn4)cc3)[C@H]2O)[C@](C)(OC)C[C@@H](C)C2=NCCN3C(=O)O[C@@]1(C)[C@H]3[C@H]2C. The number of aliphatic imine (C=N–C) groups is 1. The summed E-state index contributed by atoms with van der Waals surface area (Å²) < 4.78 is 33.7. The Morgan fingerprint density at radius 1 is 1.00 bits per heavy atom. The van der Waals surface area contributed by atoms with Crippen LogP contribution < -0.4 is 5.48 Å². The molecule has 0 radical (unpaired) electrons. The van der Waals surface area contributed by atoms with Gasteiger partial charge < -0.3 is 28.8 Å². The van der Waals surface area contributed by atoms with Gasteiger partial charge in [-0.2, -0.15) is 0 Å². The Hall–Kier alpha value is -4.33. The molecule has 18 nitrogen and oxygen atoms in total. The van der Waals surface area contributed by atoms with Gasteiger partial charge in [0.05, 0.1) is 36.6 Å². The number of carbonyl (C=O) groups excluding carboxylic acids is 4. The number of cyclic esters (lactones) is 1. The largest absolute Gasteiger partial charge is 0.458 e. The van der Waals surface area contributed by atoms with Gasteiger partial charge in [-0.3, -0.25) is 39.1 Å². The third-order valence-electron chi connectivity index (χ3n) is 15.1. The van der Waals surface area contributed by atoms with Crippen LogP contribution in [0.1, 0.15) is 125 Å². The van der Waals surface area contributed by atoms with Crippen molar-refractivity contribution in [2.45, 2.75) is 187 Å². The Balaban J connectivity index is 1.14. The topological polar surface area (TPSA) is 216 Å². The molecule has 3 N–H and O–H groups in total. The highest BCUT2D eigenvalue weighted by molar-refractivity contribution is 6.00. The molecule has 5 heterocycles. The van der Waals surface area contributed by atoms with Crippen molar-refractivity contribution in [3.8, 4) is 11.3 Å². The molecule has 6 rings (SSSR count). The average molecular weight is 952 g/mol. The zero-order valence-corrected chi connectivity index (χ0v) is 41.9. The first-order valence-electron chi connectivity index (χ1n) is 24.8. The Bertz CT molecular complexity index is 2070. The van der Waals surface area contributed by atoms with E-state index in [1.54, 1.807) is 24.4 Å². The maximum atomic E-state index is 14.5. The fourth-order valence-corrected chi connectivity index (χ4v) is 11.3. The van der Waals surface area contributed by atoms with Crippen LogP contribution in [-0.4, -0.2) is 146 Å². The lowest BCUT2D eigenvalue weighted by Gasteiger charge is -2.47. The van der Waals surface area contributed by atoms with Crippen molar-refractivity contribution < 1.29 is 53.2 Å². The molecular formula is C50H77N7O11. The van der Waals surface area contributed by atoms with Gasteiger partial charge in [-0.25, -0.2) is 10.3 Å². The van der Waals surface area contributed by atoms with Crippen LogP contribution in [0.3, 0.4) is 0 Å². The number of aliphatic hydroxyl groups excluding tert-OH is 1. The molecule has 378 valence electrons. The summed E-state index contributed by atoms with van der Waals surface area (Å²) in [6.45, 7) is 16.9. The third-order valence-corrected chi connectivity index (χ3v) is 15.1. The lowest BCUT2D eigenvalue weighted by Crippen LogP contribution is -2.60. The number of rotatable bonds is 17. The maximum Gasteiger partial charge on any atom is 0.410 e. The number of ketones is 1. The van der Waals surface area contributed by atoms with Crippen LogP contribution in [0.25, 0.3) is 11.3 Å². The number of aromatic nitrogens is 3. The Morgan fingerprint density at radius 3 is 2.37 bits per heavy atom. The second-order valence-corrected chi connectivity index (χ2v) is 20.2. The number of esters is 1. The van der Waals surface area contributed by atoms with Gasteiger partial charge in [0.25, 0.3) is 0 Å². The molecule has 0 spiro atoms. The van der Waals surface area contributed by atoms with Gasteiger partial charge in [0.2, 0.25) is 5.91 Å². The van der Waals surface area contributed by atoms with E-state index in [1.807, 2.05) is 64.7 Å². The summed E-state index contributed by atoms with van der Waals surface area (Å²) in [5, 5.41) is 29.5. The third kappa shape index (κ3) is 11.8. The van der Waals surface area contributed by atoms with E-state index in [9.17, 15) is 24.3 Å². The summed E-state index contributed by atoms with van der Waals surface area (Å²) in [5.41, 5.74) is 2.98. The van der Waals surface area contributed by atoms with Gasteiger partial charge in [-0.15, -0.1) is 5.10 Å². The Kier molecular flexibility index (Phi) is 18.0. The number of hydroxylamine groups is 1. The van der Waals surface area contributed by atoms with Crippen LogP contribution in [0.15, 0.2) is 35.5 Å². The number of Topliss-reactive ketones (excluding diaryl/α,β-unsaturated/α-hetero) is 1. The number of amides is 2. The first kappa shape index (κ1) is 53.0. The number of carbonyl (C=O) groups is 4. The molecule has 1 aromatic heterocycles. The first-order chi connectivity index (χ1) is 32.3. The zero-order valence-electron chi connectivity index (χ0n) is 41.9. The molecule has 0 unspecified atom stereocenters. The number of likely N-dealkylation sites (N-methyl/N-ethyl adjacent to an activating group) is 1. The van der Waals surface area contributed by atoms with E-state index in [0.717, 1.165) is 67.6 Å². The van der Waals surface area contributed by atoms with Crippen LogP contribution in [-0.2, 0) is 51.2 Å². The maximum absolute atomic E-state index is 14.5. The van der Waals surface area contributed by atoms with Crippen molar-refractivity contribution in [3.05, 3.63) is 36.0 Å². The van der Waals surface area contributed by atoms with Crippen molar-refractivity contribution in [1.29, 1.82) is 0 Å². The van der Waals surface area contributed by atoms with Gasteiger partial charge in [0.1, 0.15) is 23.8 Å². The molecule has 2 aromatic rings. The average Bonchev–Trinajstić information content (AvgIpc) is 3.83. The van der Waals surface area contributed by atoms with Crippen LogP contribution in [0.4, 0.5) is 4.79 Å². The second-order valence-electron chi connectivity index (χ2n) is 20.2. The number of hydrogen-bond donors (Lipinski definition) is 3. The molecule has 2 bridgehead atoms. The number of aliphatic hydroxyl groups is 1. The minimum atomic E-state index is -1.19. The molecular weight excluding hydrogens is 875 g/mol. The predicted molar refractivity (Wildman–Crippen MR) is 252 cm³/mol. The molecule has 0 saturated carbocycles. The summed E-state index contributed by atoms with van der Waals surface area (Å²) >= 11 is 0. The zero-order chi connectivity index (χ0) is 49.5. The Morgan fingerprint density at radius 2 is 1.69 bits per heavy atom. The fourth-order valence-electron chi connectivity index (χ4n) is 11.3. The lowest BCUT2D eigenvalue weighted by atomic mass is 9.73. The van der Waals surface area contributed by atoms with E-state index >= 15 is 0 Å². The monoisotopic (exact) mass is 952 g/mol. The van der Waals surface area contributed by atoms with E-state index in [2.05, 4.69) is 34.3 Å². The number of hydrogen-bond acceptors (Lipinski definition) is 15. The summed E-state index contributed by atoms with van der Waals surface area (Å²) in [4.78, 5) is 61.9. The number of unbranched alkanes of at least 4 members (excludes halogenated alkanes) is 5. The summed E-state index contributed by atoms with van der Waals surface area (Å²) in [7, 11) is 3.55. The smallest absolute Gasteiger partial charge is 0.410 e. The fraction of sp³-hybridized carbons (Fsp3) is 0.740. The summed E-state index contributed by atoms with van der Waals surface area (Å²) in [6, 6.07) is 7.31. The molecule has 68 heavy (non-hydrogen) atoms. The van der Waals surface area contributed by atoms with E-state index in [4.69, 9.17) is 33.9 Å². The number of nitrogens with one attached hydrogen (secondary N) is 1. The minimum absolute atomic E-state index is 0.200. The highest BCUT2D eigenvalue weighted by atomic mass is 16.7. The van der Waals surface area contributed by atoms with E-state index < -0.39 is 71.5 Å². The molecule has 3 saturated heterocycles. The molecule has 13 atom stereocenters. The molecule has 1 aromatic carbocycles. The predicted octanol–water partition coefficient (Wildman–Crippen LogP) is 6.14. The van der Waals surface area contributed by atoms with Crippen molar-refractivity contribution in [3.63, 3.8) is 0 Å². The number of nitrogens with zero attached hydrogens (tertiary/aromatic N) is 6. The van der Waals surface area contributed by atoms with Crippen LogP contribution in [0.5, 0.6) is 0 Å². The number of fused-ring (bicyclic) bond motifs is 1. The molecule has 0 aliphatic carbocycles. The molecule has 2 amide bonds. The highest BCUT2D eigenvalue weighted by Gasteiger charge is 2.60. The quantitative estimate of drug-likeness (QED) is 0.0534. The highest BCUT2D eigenvalue weighted by Crippen LogP contribution is 2.44. The van der Waals surface area contributed by atoms with Crippen molar-refractivity contribution >= 4 is 29.5 Å². The lowest BCUT2D eigenvalue weighted by molar-refractivity contribution is -0.296. The molecule has 4 aliphatic heterocycles. The van der Waals surface area contributed by atoms with Crippen molar-refractivity contribution in [2.24, 2.45) is 28.7 Å². The normalized spacial score (nSPS) is 33.7. The minimum Gasteiger partial charge on any atom is -0.458 e. The van der Waals surface area contributed by atoms with Gasteiger partial charge in [-0.05, 0) is 78.3 Å². The van der Waals surface area contributed by atoms with E-state index in [0.29, 0.717) is 45.3 Å². The van der Waals surface area contributed by atoms with Crippen molar-refractivity contribution in [2.75, 3.05) is 27.2 Å². The molecule has 18 heteroatoms. The Labute approximate surface area is 401 Å². The van der Waals surface area contributed by atoms with E-state index in [1.165, 1.54) is 6.92 Å². The number of aryl methyl sites for hydroxylation is 1. The standard InChI is InChI=1S/C50H77N7O11/c1-11-39-50(8)44-32(4)41(51-23-25-57(44)48(62)68-50)30(2)27-49(7,64-10)45(33(5)42(59)34(6)46(61)66-39)67-47-43(60)38(26-31(3)65-47)55(9)28-35-19-21-36(22-20-35)37-29-56(54-52-37)24-17-15-13-12-14-16-18-40(58)53-63/h19-22,29-34,38-39,43-45,47,60,63H,11-18,23-28H2,1-10H3,(H,53,58)/t30-,31-,32+,33+,34-,38+,39-,43-,44-,45-,47+,49-,50-/m1/s1. The van der Waals surface area contributed by atoms with Crippen LogP contribution in [0.2, 0.25) is 0 Å². The second kappa shape index (κ2) is 23.1. The van der Waals surface area contributed by atoms with Crippen molar-refractivity contribution in [1.82, 2.24) is 30.3 Å². The molecule has 3 fully saturated rings. The van der Waals surface area contributed by atoms with Crippen LogP contribution in [0, 0.1) is 23.7 Å². The number of ether oxygens (including phenoxy) is 5. The summed E-state index contributed by atoms with van der Waals surface area (Å²) in [6.07, 6.45) is 4.60. The van der Waals surface area contributed by atoms with Gasteiger partial charge in [0, 0.05) is 62.3 Å². The number of methoxy groups -OCH3 is 1.